The van der Waals surface area contributed by atoms with Gasteiger partial charge in [0.05, 0.1) is 0 Å². The minimum Gasteiger partial charge on any atom is -0.360 e. The lowest BCUT2D eigenvalue weighted by atomic mass is 10.1. The molecule has 3 N–H and O–H groups in total. The molecule has 0 aliphatic carbocycles. The summed E-state index contributed by atoms with van der Waals surface area (Å²) >= 11 is 1.37. The number of benzene rings is 1. The fraction of sp³-hybridized carbons (Fsp3) is 0.467. The molecule has 0 amide bonds. The number of hydrogen-bond acceptors (Lipinski definition) is 5. The van der Waals surface area contributed by atoms with Crippen LogP contribution in [0.1, 0.15) is 37.1 Å². The van der Waals surface area contributed by atoms with E-state index in [0.717, 1.165) is 42.5 Å². The van der Waals surface area contributed by atoms with E-state index in [1.54, 1.807) is 12.1 Å². The molecule has 1 aromatic carbocycles. The van der Waals surface area contributed by atoms with Crippen molar-refractivity contribution in [3.63, 3.8) is 0 Å². The maximum atomic E-state index is 12.8. The molecular formula is C15H21FN4S. The Labute approximate surface area is 128 Å². The van der Waals surface area contributed by atoms with Crippen LogP contribution in [-0.2, 0) is 6.42 Å². The highest BCUT2D eigenvalue weighted by Crippen LogP contribution is 2.14. The standard InChI is InChI=1S/C15H21FN4S/c16-13-7-5-12(6-8-13)11-14-19-15(21-20-14)18-10-4-2-1-3-9-17/h5-8H,1-4,9-11,17H2,(H,18,19,20). The first kappa shape index (κ1) is 15.9. The molecule has 114 valence electrons. The van der Waals surface area contributed by atoms with Crippen LogP contribution in [0, 0.1) is 5.82 Å². The average molecular weight is 308 g/mol. The van der Waals surface area contributed by atoms with Gasteiger partial charge in [-0.3, -0.25) is 0 Å². The number of anilines is 1. The van der Waals surface area contributed by atoms with Gasteiger partial charge in [-0.2, -0.15) is 4.37 Å². The topological polar surface area (TPSA) is 63.8 Å². The SMILES string of the molecule is NCCCCCCNc1nc(Cc2ccc(F)cc2)ns1. The first-order chi connectivity index (χ1) is 10.3. The summed E-state index contributed by atoms with van der Waals surface area (Å²) in [4.78, 5) is 4.44. The summed E-state index contributed by atoms with van der Waals surface area (Å²) in [6, 6.07) is 6.45. The van der Waals surface area contributed by atoms with Crippen LogP contribution in [0.5, 0.6) is 0 Å². The summed E-state index contributed by atoms with van der Waals surface area (Å²) in [5, 5.41) is 4.14. The van der Waals surface area contributed by atoms with E-state index in [-0.39, 0.29) is 5.82 Å². The summed E-state index contributed by atoms with van der Waals surface area (Å²) in [5.41, 5.74) is 6.47. The summed E-state index contributed by atoms with van der Waals surface area (Å²) in [6.45, 7) is 1.69. The fourth-order valence-corrected chi connectivity index (χ4v) is 2.61. The lowest BCUT2D eigenvalue weighted by Crippen LogP contribution is -2.02. The Hall–Kier alpha value is -1.53. The number of unbranched alkanes of at least 4 members (excludes halogenated alkanes) is 3. The molecule has 4 nitrogen and oxygen atoms in total. The monoisotopic (exact) mass is 308 g/mol. The molecule has 21 heavy (non-hydrogen) atoms. The first-order valence-electron chi connectivity index (χ1n) is 7.29. The van der Waals surface area contributed by atoms with Crippen LogP contribution in [0.4, 0.5) is 9.52 Å². The van der Waals surface area contributed by atoms with Crippen molar-refractivity contribution in [2.75, 3.05) is 18.4 Å². The van der Waals surface area contributed by atoms with Crippen LogP contribution in [0.15, 0.2) is 24.3 Å². The molecule has 2 aromatic rings. The highest BCUT2D eigenvalue weighted by Gasteiger charge is 2.05. The van der Waals surface area contributed by atoms with Crippen molar-refractivity contribution in [3.05, 3.63) is 41.5 Å². The van der Waals surface area contributed by atoms with Gasteiger partial charge in [0, 0.05) is 24.5 Å². The molecule has 0 fully saturated rings. The van der Waals surface area contributed by atoms with Crippen molar-refractivity contribution >= 4 is 16.7 Å². The number of aromatic nitrogens is 2. The minimum absolute atomic E-state index is 0.220. The molecule has 0 saturated heterocycles. The number of nitrogens with one attached hydrogen (secondary N) is 1. The highest BCUT2D eigenvalue weighted by atomic mass is 32.1. The van der Waals surface area contributed by atoms with Crippen LogP contribution >= 0.6 is 11.5 Å². The Morgan fingerprint density at radius 3 is 2.62 bits per heavy atom. The van der Waals surface area contributed by atoms with E-state index < -0.39 is 0 Å². The van der Waals surface area contributed by atoms with Gasteiger partial charge in [0.25, 0.3) is 0 Å². The maximum absolute atomic E-state index is 12.8. The van der Waals surface area contributed by atoms with Gasteiger partial charge in [-0.25, -0.2) is 9.37 Å². The zero-order valence-electron chi connectivity index (χ0n) is 12.0. The molecule has 0 aliphatic heterocycles. The molecule has 1 aromatic heterocycles. The van der Waals surface area contributed by atoms with E-state index in [9.17, 15) is 4.39 Å². The van der Waals surface area contributed by atoms with E-state index in [4.69, 9.17) is 5.73 Å². The van der Waals surface area contributed by atoms with Gasteiger partial charge in [0.2, 0.25) is 5.13 Å². The Bertz CT molecular complexity index is 527. The summed E-state index contributed by atoms with van der Waals surface area (Å²) in [6.07, 6.45) is 5.22. The highest BCUT2D eigenvalue weighted by molar-refractivity contribution is 7.09. The van der Waals surface area contributed by atoms with Crippen molar-refractivity contribution in [1.29, 1.82) is 0 Å². The molecule has 0 spiro atoms. The Balaban J connectivity index is 1.72. The van der Waals surface area contributed by atoms with Crippen LogP contribution < -0.4 is 11.1 Å². The molecule has 0 atom stereocenters. The third kappa shape index (κ3) is 5.77. The normalized spacial score (nSPS) is 10.8. The minimum atomic E-state index is -0.220. The van der Waals surface area contributed by atoms with E-state index in [1.807, 2.05) is 0 Å². The second-order valence-electron chi connectivity index (χ2n) is 4.95. The van der Waals surface area contributed by atoms with Crippen molar-refractivity contribution in [1.82, 2.24) is 9.36 Å². The number of nitrogens with zero attached hydrogens (tertiary/aromatic N) is 2. The van der Waals surface area contributed by atoms with Crippen LogP contribution in [0.3, 0.4) is 0 Å². The van der Waals surface area contributed by atoms with E-state index in [1.165, 1.54) is 36.5 Å². The van der Waals surface area contributed by atoms with Crippen LogP contribution in [0.2, 0.25) is 0 Å². The zero-order valence-corrected chi connectivity index (χ0v) is 12.8. The van der Waals surface area contributed by atoms with Crippen molar-refractivity contribution < 1.29 is 4.39 Å². The quantitative estimate of drug-likeness (QED) is 0.698. The molecule has 0 radical (unpaired) electrons. The molecule has 6 heteroatoms. The lowest BCUT2D eigenvalue weighted by Gasteiger charge is -2.01. The molecule has 0 bridgehead atoms. The van der Waals surface area contributed by atoms with Crippen LogP contribution in [-0.4, -0.2) is 22.4 Å². The molecule has 0 saturated carbocycles. The Kier molecular flexibility index (Phi) is 6.56. The Morgan fingerprint density at radius 2 is 1.86 bits per heavy atom. The van der Waals surface area contributed by atoms with Gasteiger partial charge in [-0.1, -0.05) is 25.0 Å². The van der Waals surface area contributed by atoms with E-state index in [0.29, 0.717) is 6.42 Å². The predicted molar refractivity (Wildman–Crippen MR) is 85.1 cm³/mol. The average Bonchev–Trinajstić information content (AvgIpc) is 2.93. The van der Waals surface area contributed by atoms with Gasteiger partial charge < -0.3 is 11.1 Å². The summed E-state index contributed by atoms with van der Waals surface area (Å²) in [7, 11) is 0. The fourth-order valence-electron chi connectivity index (χ4n) is 2.00. The van der Waals surface area contributed by atoms with Gasteiger partial charge >= 0.3 is 0 Å². The second kappa shape index (κ2) is 8.69. The van der Waals surface area contributed by atoms with E-state index in [2.05, 4.69) is 14.7 Å². The van der Waals surface area contributed by atoms with Gasteiger partial charge in [0.1, 0.15) is 11.6 Å². The summed E-state index contributed by atoms with van der Waals surface area (Å²) in [5.74, 6) is 0.555. The van der Waals surface area contributed by atoms with Crippen molar-refractivity contribution in [3.8, 4) is 0 Å². The van der Waals surface area contributed by atoms with Gasteiger partial charge in [-0.15, -0.1) is 0 Å². The molecule has 0 unspecified atom stereocenters. The van der Waals surface area contributed by atoms with Gasteiger partial charge in [-0.05, 0) is 37.1 Å². The lowest BCUT2D eigenvalue weighted by molar-refractivity contribution is 0.627. The largest absolute Gasteiger partial charge is 0.360 e. The summed E-state index contributed by atoms with van der Waals surface area (Å²) < 4.78 is 17.2. The smallest absolute Gasteiger partial charge is 0.202 e. The third-order valence-electron chi connectivity index (χ3n) is 3.15. The van der Waals surface area contributed by atoms with Gasteiger partial charge in [0.15, 0.2) is 0 Å². The number of halogens is 1. The number of nitrogens with two attached hydrogens (primary N) is 1. The third-order valence-corrected chi connectivity index (χ3v) is 3.86. The zero-order chi connectivity index (χ0) is 14.9. The number of hydrogen-bond donors (Lipinski definition) is 2. The molecule has 2 rings (SSSR count). The predicted octanol–water partition coefficient (Wildman–Crippen LogP) is 3.20. The van der Waals surface area contributed by atoms with Crippen molar-refractivity contribution in [2.24, 2.45) is 5.73 Å². The first-order valence-corrected chi connectivity index (χ1v) is 8.06. The second-order valence-corrected chi connectivity index (χ2v) is 5.70. The molecule has 0 aliphatic rings. The Morgan fingerprint density at radius 1 is 1.10 bits per heavy atom. The van der Waals surface area contributed by atoms with Crippen molar-refractivity contribution in [2.45, 2.75) is 32.1 Å². The molecular weight excluding hydrogens is 287 g/mol. The van der Waals surface area contributed by atoms with Crippen LogP contribution in [0.25, 0.3) is 0 Å². The molecule has 1 heterocycles. The maximum Gasteiger partial charge on any atom is 0.202 e. The number of rotatable bonds is 9. The van der Waals surface area contributed by atoms with E-state index >= 15 is 0 Å².